The molecule has 0 radical (unpaired) electrons. The molecule has 0 aliphatic heterocycles. The number of aryl methyl sites for hydroxylation is 1. The fraction of sp³-hybridized carbons (Fsp3) is 0.200. The number of aldehydes is 1. The molecule has 4 nitrogen and oxygen atoms in total. The molecular formula is C10H12ClN3OS. The second kappa shape index (κ2) is 5.67. The second-order valence-electron chi connectivity index (χ2n) is 3.14. The Kier molecular flexibility index (Phi) is 4.52. The highest BCUT2D eigenvalue weighted by molar-refractivity contribution is 7.15. The minimum absolute atomic E-state index is 0.0879. The van der Waals surface area contributed by atoms with Crippen molar-refractivity contribution in [3.63, 3.8) is 0 Å². The van der Waals surface area contributed by atoms with Crippen molar-refractivity contribution in [2.24, 2.45) is 5.73 Å². The normalized spacial score (nSPS) is 12.7. The van der Waals surface area contributed by atoms with Crippen LogP contribution in [0.2, 0.25) is 0 Å². The monoisotopic (exact) mass is 257 g/mol. The summed E-state index contributed by atoms with van der Waals surface area (Å²) in [7, 11) is 1.82. The SMILES string of the molecule is Cc1cnc(N(C)/C=C(Cl)\C=C(\N)C=O)s1. The summed E-state index contributed by atoms with van der Waals surface area (Å²) in [6.07, 6.45) is 5.37. The van der Waals surface area contributed by atoms with E-state index < -0.39 is 0 Å². The first kappa shape index (κ1) is 12.7. The molecule has 0 aliphatic carbocycles. The maximum Gasteiger partial charge on any atom is 0.189 e. The number of rotatable bonds is 4. The summed E-state index contributed by atoms with van der Waals surface area (Å²) in [5.41, 5.74) is 5.42. The van der Waals surface area contributed by atoms with Crippen LogP contribution in [0.1, 0.15) is 4.88 Å². The van der Waals surface area contributed by atoms with Crippen LogP contribution >= 0.6 is 22.9 Å². The van der Waals surface area contributed by atoms with Crippen molar-refractivity contribution in [3.05, 3.63) is 34.1 Å². The molecule has 0 aromatic carbocycles. The van der Waals surface area contributed by atoms with Crippen LogP contribution in [-0.2, 0) is 4.79 Å². The first-order valence-electron chi connectivity index (χ1n) is 4.48. The predicted octanol–water partition coefficient (Wildman–Crippen LogP) is 2.01. The third-order valence-electron chi connectivity index (χ3n) is 1.67. The summed E-state index contributed by atoms with van der Waals surface area (Å²) in [5, 5.41) is 1.20. The molecule has 86 valence electrons. The van der Waals surface area contributed by atoms with E-state index in [2.05, 4.69) is 4.98 Å². The Labute approximate surface area is 103 Å². The first-order chi connectivity index (χ1) is 7.52. The van der Waals surface area contributed by atoms with Gasteiger partial charge in [0.15, 0.2) is 11.4 Å². The quantitative estimate of drug-likeness (QED) is 0.509. The fourth-order valence-electron chi connectivity index (χ4n) is 0.977. The maximum atomic E-state index is 10.3. The molecule has 0 unspecified atom stereocenters. The van der Waals surface area contributed by atoms with E-state index in [1.807, 2.05) is 14.0 Å². The Morgan fingerprint density at radius 2 is 2.38 bits per heavy atom. The minimum Gasteiger partial charge on any atom is -0.396 e. The lowest BCUT2D eigenvalue weighted by molar-refractivity contribution is -0.104. The fourth-order valence-corrected chi connectivity index (χ4v) is 1.94. The molecule has 16 heavy (non-hydrogen) atoms. The number of carbonyl (C=O) groups excluding carboxylic acids is 1. The van der Waals surface area contributed by atoms with Crippen molar-refractivity contribution < 1.29 is 4.79 Å². The van der Waals surface area contributed by atoms with Crippen LogP contribution in [0.25, 0.3) is 0 Å². The van der Waals surface area contributed by atoms with Crippen LogP contribution in [0.5, 0.6) is 0 Å². The van der Waals surface area contributed by atoms with Gasteiger partial charge in [0, 0.05) is 24.3 Å². The number of nitrogens with two attached hydrogens (primary N) is 1. The Hall–Kier alpha value is -1.33. The molecule has 1 aromatic rings. The van der Waals surface area contributed by atoms with Crippen LogP contribution in [0, 0.1) is 6.92 Å². The number of hydrogen-bond donors (Lipinski definition) is 1. The molecule has 6 heteroatoms. The molecule has 1 rings (SSSR count). The number of thiazole rings is 1. The average molecular weight is 258 g/mol. The van der Waals surface area contributed by atoms with Gasteiger partial charge in [0.1, 0.15) is 0 Å². The predicted molar refractivity (Wildman–Crippen MR) is 67.5 cm³/mol. The Morgan fingerprint density at radius 3 is 2.88 bits per heavy atom. The minimum atomic E-state index is 0.0879. The highest BCUT2D eigenvalue weighted by Gasteiger charge is 2.03. The lowest BCUT2D eigenvalue weighted by Gasteiger charge is -2.09. The molecule has 0 fully saturated rings. The molecule has 2 N–H and O–H groups in total. The Balaban J connectivity index is 2.80. The van der Waals surface area contributed by atoms with E-state index in [9.17, 15) is 4.79 Å². The van der Waals surface area contributed by atoms with Crippen molar-refractivity contribution in [2.75, 3.05) is 11.9 Å². The molecule has 1 aromatic heterocycles. The lowest BCUT2D eigenvalue weighted by atomic mass is 10.4. The van der Waals surface area contributed by atoms with E-state index in [1.165, 1.54) is 6.08 Å². The summed E-state index contributed by atoms with van der Waals surface area (Å²) in [6, 6.07) is 0. The topological polar surface area (TPSA) is 59.2 Å². The molecule has 0 spiro atoms. The van der Waals surface area contributed by atoms with E-state index in [4.69, 9.17) is 17.3 Å². The van der Waals surface area contributed by atoms with Crippen LogP contribution in [0.15, 0.2) is 29.2 Å². The van der Waals surface area contributed by atoms with Gasteiger partial charge in [0.05, 0.1) is 10.7 Å². The smallest absolute Gasteiger partial charge is 0.189 e. The number of carbonyl (C=O) groups is 1. The molecule has 0 atom stereocenters. The first-order valence-corrected chi connectivity index (χ1v) is 5.67. The molecule has 0 aliphatic rings. The van der Waals surface area contributed by atoms with E-state index in [0.717, 1.165) is 10.0 Å². The van der Waals surface area contributed by atoms with Gasteiger partial charge < -0.3 is 10.6 Å². The number of anilines is 1. The van der Waals surface area contributed by atoms with E-state index in [-0.39, 0.29) is 5.70 Å². The molecule has 0 amide bonds. The van der Waals surface area contributed by atoms with Gasteiger partial charge in [-0.15, -0.1) is 11.3 Å². The summed E-state index contributed by atoms with van der Waals surface area (Å²) in [4.78, 5) is 17.4. The van der Waals surface area contributed by atoms with Gasteiger partial charge in [0.25, 0.3) is 0 Å². The number of halogens is 1. The number of nitrogens with zero attached hydrogens (tertiary/aromatic N) is 2. The summed E-state index contributed by atoms with van der Waals surface area (Å²) in [5.74, 6) is 0. The Bertz CT molecular complexity index is 439. The van der Waals surface area contributed by atoms with Crippen molar-refractivity contribution in [1.82, 2.24) is 4.98 Å². The van der Waals surface area contributed by atoms with Crippen molar-refractivity contribution in [1.29, 1.82) is 0 Å². The van der Waals surface area contributed by atoms with Gasteiger partial charge in [-0.1, -0.05) is 11.6 Å². The van der Waals surface area contributed by atoms with Crippen LogP contribution < -0.4 is 10.6 Å². The molecule has 0 saturated heterocycles. The van der Waals surface area contributed by atoms with Gasteiger partial charge in [-0.2, -0.15) is 0 Å². The van der Waals surface area contributed by atoms with Gasteiger partial charge in [0.2, 0.25) is 0 Å². The summed E-state index contributed by atoms with van der Waals surface area (Å²) < 4.78 is 0. The molecule has 1 heterocycles. The third kappa shape index (κ3) is 3.67. The van der Waals surface area contributed by atoms with Crippen LogP contribution in [-0.4, -0.2) is 18.3 Å². The van der Waals surface area contributed by atoms with E-state index in [0.29, 0.717) is 11.3 Å². The zero-order valence-electron chi connectivity index (χ0n) is 8.98. The van der Waals surface area contributed by atoms with Crippen molar-refractivity contribution in [3.8, 4) is 0 Å². The van der Waals surface area contributed by atoms with E-state index >= 15 is 0 Å². The van der Waals surface area contributed by atoms with Gasteiger partial charge >= 0.3 is 0 Å². The highest BCUT2D eigenvalue weighted by Crippen LogP contribution is 2.21. The maximum absolute atomic E-state index is 10.3. The highest BCUT2D eigenvalue weighted by atomic mass is 35.5. The zero-order valence-corrected chi connectivity index (χ0v) is 10.5. The second-order valence-corrected chi connectivity index (χ2v) is 4.79. The Morgan fingerprint density at radius 1 is 1.69 bits per heavy atom. The van der Waals surface area contributed by atoms with Crippen molar-refractivity contribution >= 4 is 34.4 Å². The van der Waals surface area contributed by atoms with Gasteiger partial charge in [-0.3, -0.25) is 4.79 Å². The third-order valence-corrected chi connectivity index (χ3v) is 2.88. The van der Waals surface area contributed by atoms with E-state index in [1.54, 1.807) is 28.6 Å². The lowest BCUT2D eigenvalue weighted by Crippen LogP contribution is -2.08. The van der Waals surface area contributed by atoms with Crippen LogP contribution in [0.3, 0.4) is 0 Å². The van der Waals surface area contributed by atoms with Gasteiger partial charge in [-0.05, 0) is 13.0 Å². The van der Waals surface area contributed by atoms with Crippen LogP contribution in [0.4, 0.5) is 5.13 Å². The number of hydrogen-bond acceptors (Lipinski definition) is 5. The summed E-state index contributed by atoms with van der Waals surface area (Å²) >= 11 is 7.44. The molecule has 0 bridgehead atoms. The van der Waals surface area contributed by atoms with Crippen molar-refractivity contribution in [2.45, 2.75) is 6.92 Å². The molecule has 0 saturated carbocycles. The number of aromatic nitrogens is 1. The average Bonchev–Trinajstić information content (AvgIpc) is 2.64. The summed E-state index contributed by atoms with van der Waals surface area (Å²) in [6.45, 7) is 1.98. The molecular weight excluding hydrogens is 246 g/mol. The standard InChI is InChI=1S/C10H12ClN3OS/c1-7-4-13-10(16-7)14(2)5-8(11)3-9(12)6-15/h3-6H,12H2,1-2H3/b8-5+,9-3+. The number of allylic oxidation sites excluding steroid dienone is 3. The largest absolute Gasteiger partial charge is 0.396 e. The van der Waals surface area contributed by atoms with Gasteiger partial charge in [-0.25, -0.2) is 4.98 Å². The zero-order chi connectivity index (χ0) is 12.1.